The summed E-state index contributed by atoms with van der Waals surface area (Å²) in [6, 6.07) is 6.82. The van der Waals surface area contributed by atoms with Gasteiger partial charge in [-0.2, -0.15) is 0 Å². The van der Waals surface area contributed by atoms with Crippen molar-refractivity contribution in [2.24, 2.45) is 0 Å². The largest absolute Gasteiger partial charge is 0.508 e. The van der Waals surface area contributed by atoms with Gasteiger partial charge in [0, 0.05) is 16.8 Å². The first-order chi connectivity index (χ1) is 10.0. The SMILES string of the molecule is COc1ccc(-c2cc(O)cc(C)c2N)c(OC)c1OC.Cl. The number of anilines is 1. The fourth-order valence-corrected chi connectivity index (χ4v) is 2.32. The first-order valence-electron chi connectivity index (χ1n) is 6.41. The maximum atomic E-state index is 9.82. The van der Waals surface area contributed by atoms with Gasteiger partial charge in [-0.15, -0.1) is 12.4 Å². The minimum absolute atomic E-state index is 0. The van der Waals surface area contributed by atoms with Gasteiger partial charge in [0.2, 0.25) is 5.75 Å². The molecule has 6 heteroatoms. The van der Waals surface area contributed by atoms with Crippen molar-refractivity contribution >= 4 is 18.1 Å². The first kappa shape index (κ1) is 17.8. The highest BCUT2D eigenvalue weighted by Gasteiger charge is 2.19. The zero-order valence-corrected chi connectivity index (χ0v) is 13.8. The van der Waals surface area contributed by atoms with E-state index in [1.54, 1.807) is 39.5 Å². The van der Waals surface area contributed by atoms with Crippen LogP contribution in [0.1, 0.15) is 5.56 Å². The lowest BCUT2D eigenvalue weighted by atomic mass is 9.98. The second-order valence-electron chi connectivity index (χ2n) is 4.61. The van der Waals surface area contributed by atoms with Crippen LogP contribution in [0.4, 0.5) is 5.69 Å². The molecular weight excluding hydrogens is 306 g/mol. The van der Waals surface area contributed by atoms with Crippen LogP contribution in [0.25, 0.3) is 11.1 Å². The summed E-state index contributed by atoms with van der Waals surface area (Å²) in [7, 11) is 4.65. The summed E-state index contributed by atoms with van der Waals surface area (Å²) in [6.07, 6.45) is 0. The van der Waals surface area contributed by atoms with Crippen LogP contribution in [0.3, 0.4) is 0 Å². The van der Waals surface area contributed by atoms with Crippen molar-refractivity contribution in [2.75, 3.05) is 27.1 Å². The number of aromatic hydroxyl groups is 1. The Balaban J connectivity index is 0.00000242. The summed E-state index contributed by atoms with van der Waals surface area (Å²) in [6.45, 7) is 1.84. The average Bonchev–Trinajstić information content (AvgIpc) is 2.49. The molecule has 0 saturated carbocycles. The molecule has 0 aliphatic heterocycles. The van der Waals surface area contributed by atoms with Gasteiger partial charge in [-0.1, -0.05) is 0 Å². The smallest absolute Gasteiger partial charge is 0.203 e. The quantitative estimate of drug-likeness (QED) is 0.665. The van der Waals surface area contributed by atoms with E-state index < -0.39 is 0 Å². The lowest BCUT2D eigenvalue weighted by Gasteiger charge is -2.17. The van der Waals surface area contributed by atoms with E-state index in [2.05, 4.69) is 0 Å². The molecule has 0 spiro atoms. The number of phenols is 1. The molecule has 5 nitrogen and oxygen atoms in total. The zero-order valence-electron chi connectivity index (χ0n) is 13.0. The monoisotopic (exact) mass is 325 g/mol. The Hall–Kier alpha value is -2.27. The fraction of sp³-hybridized carbons (Fsp3) is 0.250. The molecular formula is C16H20ClNO4. The van der Waals surface area contributed by atoms with Gasteiger partial charge in [-0.3, -0.25) is 0 Å². The lowest BCUT2D eigenvalue weighted by Crippen LogP contribution is -1.99. The summed E-state index contributed by atoms with van der Waals surface area (Å²) < 4.78 is 16.1. The molecule has 22 heavy (non-hydrogen) atoms. The van der Waals surface area contributed by atoms with E-state index in [0.29, 0.717) is 28.5 Å². The molecule has 0 heterocycles. The number of benzene rings is 2. The van der Waals surface area contributed by atoms with E-state index in [0.717, 1.165) is 11.1 Å². The van der Waals surface area contributed by atoms with Crippen molar-refractivity contribution in [2.45, 2.75) is 6.92 Å². The summed E-state index contributed by atoms with van der Waals surface area (Å²) >= 11 is 0. The van der Waals surface area contributed by atoms with Gasteiger partial charge < -0.3 is 25.1 Å². The maximum absolute atomic E-state index is 9.82. The van der Waals surface area contributed by atoms with Crippen molar-refractivity contribution in [1.29, 1.82) is 0 Å². The van der Waals surface area contributed by atoms with Crippen LogP contribution >= 0.6 is 12.4 Å². The predicted molar refractivity (Wildman–Crippen MR) is 89.6 cm³/mol. The van der Waals surface area contributed by atoms with Gasteiger partial charge in [0.05, 0.1) is 21.3 Å². The Morgan fingerprint density at radius 3 is 2.09 bits per heavy atom. The number of rotatable bonds is 4. The Labute approximate surface area is 136 Å². The van der Waals surface area contributed by atoms with Crippen LogP contribution in [-0.2, 0) is 0 Å². The standard InChI is InChI=1S/C16H19NO4.ClH/c1-9-7-10(18)8-12(14(9)17)11-5-6-13(19-2)16(21-4)15(11)20-3;/h5-8,18H,17H2,1-4H3;1H. The molecule has 120 valence electrons. The number of nitrogen functional groups attached to an aromatic ring is 1. The minimum Gasteiger partial charge on any atom is -0.508 e. The molecule has 0 saturated heterocycles. The van der Waals surface area contributed by atoms with Crippen LogP contribution in [0.15, 0.2) is 24.3 Å². The summed E-state index contributed by atoms with van der Waals surface area (Å²) in [5.74, 6) is 1.70. The van der Waals surface area contributed by atoms with E-state index in [1.165, 1.54) is 0 Å². The van der Waals surface area contributed by atoms with E-state index in [-0.39, 0.29) is 18.2 Å². The Morgan fingerprint density at radius 1 is 0.909 bits per heavy atom. The van der Waals surface area contributed by atoms with E-state index in [1.807, 2.05) is 13.0 Å². The number of halogens is 1. The molecule has 0 aromatic heterocycles. The second-order valence-corrected chi connectivity index (χ2v) is 4.61. The predicted octanol–water partition coefficient (Wildman–Crippen LogP) is 3.40. The third kappa shape index (κ3) is 2.99. The Morgan fingerprint density at radius 2 is 1.55 bits per heavy atom. The molecule has 0 bridgehead atoms. The molecule has 2 aromatic carbocycles. The molecule has 0 atom stereocenters. The summed E-state index contributed by atoms with van der Waals surface area (Å²) in [4.78, 5) is 0. The maximum Gasteiger partial charge on any atom is 0.203 e. The number of phenolic OH excluding ortho intramolecular Hbond substituents is 1. The normalized spacial score (nSPS) is 9.82. The summed E-state index contributed by atoms with van der Waals surface area (Å²) in [5.41, 5.74) is 8.92. The van der Waals surface area contributed by atoms with Crippen LogP contribution in [-0.4, -0.2) is 26.4 Å². The summed E-state index contributed by atoms with van der Waals surface area (Å²) in [5, 5.41) is 9.82. The van der Waals surface area contributed by atoms with Crippen molar-refractivity contribution < 1.29 is 19.3 Å². The van der Waals surface area contributed by atoms with Crippen molar-refractivity contribution in [3.8, 4) is 34.1 Å². The third-order valence-corrected chi connectivity index (χ3v) is 3.37. The number of hydrogen-bond donors (Lipinski definition) is 2. The van der Waals surface area contributed by atoms with Crippen LogP contribution in [0.5, 0.6) is 23.0 Å². The fourth-order valence-electron chi connectivity index (χ4n) is 2.32. The third-order valence-electron chi connectivity index (χ3n) is 3.37. The number of hydrogen-bond acceptors (Lipinski definition) is 5. The van der Waals surface area contributed by atoms with Crippen molar-refractivity contribution in [3.63, 3.8) is 0 Å². The van der Waals surface area contributed by atoms with Crippen molar-refractivity contribution in [1.82, 2.24) is 0 Å². The molecule has 3 N–H and O–H groups in total. The molecule has 2 aromatic rings. The lowest BCUT2D eigenvalue weighted by molar-refractivity contribution is 0.325. The van der Waals surface area contributed by atoms with Gasteiger partial charge >= 0.3 is 0 Å². The number of methoxy groups -OCH3 is 3. The zero-order chi connectivity index (χ0) is 15.6. The topological polar surface area (TPSA) is 73.9 Å². The number of ether oxygens (including phenoxy) is 3. The molecule has 0 aliphatic carbocycles. The first-order valence-corrected chi connectivity index (χ1v) is 6.41. The van der Waals surface area contributed by atoms with E-state index in [9.17, 15) is 5.11 Å². The molecule has 0 fully saturated rings. The van der Waals surface area contributed by atoms with Gasteiger partial charge in [0.15, 0.2) is 11.5 Å². The van der Waals surface area contributed by atoms with E-state index >= 15 is 0 Å². The Kier molecular flexibility index (Phi) is 5.77. The van der Waals surface area contributed by atoms with Gasteiger partial charge in [0.25, 0.3) is 0 Å². The number of nitrogens with two attached hydrogens (primary N) is 1. The molecule has 0 aliphatic rings. The molecule has 0 radical (unpaired) electrons. The van der Waals surface area contributed by atoms with E-state index in [4.69, 9.17) is 19.9 Å². The molecule has 0 unspecified atom stereocenters. The number of aryl methyl sites for hydroxylation is 1. The van der Waals surface area contributed by atoms with Crippen molar-refractivity contribution in [3.05, 3.63) is 29.8 Å². The average molecular weight is 326 g/mol. The van der Waals surface area contributed by atoms with Gasteiger partial charge in [0.1, 0.15) is 5.75 Å². The highest BCUT2D eigenvalue weighted by atomic mass is 35.5. The van der Waals surface area contributed by atoms with Crippen LogP contribution < -0.4 is 19.9 Å². The molecule has 2 rings (SSSR count). The van der Waals surface area contributed by atoms with Crippen LogP contribution in [0, 0.1) is 6.92 Å². The second kappa shape index (κ2) is 7.13. The van der Waals surface area contributed by atoms with Gasteiger partial charge in [-0.25, -0.2) is 0 Å². The highest BCUT2D eigenvalue weighted by Crippen LogP contribution is 2.46. The highest BCUT2D eigenvalue weighted by molar-refractivity contribution is 5.86. The minimum atomic E-state index is 0. The molecule has 0 amide bonds. The van der Waals surface area contributed by atoms with Gasteiger partial charge in [-0.05, 0) is 36.8 Å². The van der Waals surface area contributed by atoms with Crippen LogP contribution in [0.2, 0.25) is 0 Å². The Bertz CT molecular complexity index is 674.